The third-order valence-electron chi connectivity index (χ3n) is 4.30. The van der Waals surface area contributed by atoms with Crippen LogP contribution < -0.4 is 0 Å². The van der Waals surface area contributed by atoms with Crippen molar-refractivity contribution in [2.75, 3.05) is 12.3 Å². The van der Waals surface area contributed by atoms with Gasteiger partial charge in [0.15, 0.2) is 0 Å². The van der Waals surface area contributed by atoms with Crippen molar-refractivity contribution in [1.29, 1.82) is 0 Å². The van der Waals surface area contributed by atoms with Crippen molar-refractivity contribution in [1.82, 2.24) is 0 Å². The summed E-state index contributed by atoms with van der Waals surface area (Å²) in [4.78, 5) is 0. The predicted octanol–water partition coefficient (Wildman–Crippen LogP) is 5.09. The molecule has 2 heteroatoms. The van der Waals surface area contributed by atoms with E-state index in [9.17, 15) is 0 Å². The van der Waals surface area contributed by atoms with Crippen molar-refractivity contribution in [3.63, 3.8) is 0 Å². The zero-order chi connectivity index (χ0) is 12.1. The van der Waals surface area contributed by atoms with Crippen LogP contribution in [0.4, 0.5) is 0 Å². The summed E-state index contributed by atoms with van der Waals surface area (Å²) in [5.74, 6) is 0. The van der Waals surface area contributed by atoms with E-state index in [4.69, 9.17) is 0 Å². The molecule has 0 aromatic heterocycles. The van der Waals surface area contributed by atoms with E-state index in [0.717, 1.165) is 11.3 Å². The van der Waals surface area contributed by atoms with Crippen LogP contribution in [0.1, 0.15) is 54.4 Å². The summed E-state index contributed by atoms with van der Waals surface area (Å²) < 4.78 is 0. The number of rotatable bonds is 1. The second-order valence-electron chi connectivity index (χ2n) is 7.44. The normalized spacial score (nSPS) is 40.1. The van der Waals surface area contributed by atoms with Crippen LogP contribution in [0.2, 0.25) is 0 Å². The highest BCUT2D eigenvalue weighted by Gasteiger charge is 2.50. The molecule has 0 N–H and O–H groups in total. The molecule has 2 aliphatic rings. The van der Waals surface area contributed by atoms with Gasteiger partial charge in [-0.25, -0.2) is 0 Å². The maximum absolute atomic E-state index is 2.48. The average molecular weight is 258 g/mol. The van der Waals surface area contributed by atoms with Crippen molar-refractivity contribution in [2.24, 2.45) is 0 Å². The van der Waals surface area contributed by atoms with Gasteiger partial charge in [0.2, 0.25) is 0 Å². The minimum Gasteiger partial charge on any atom is -0.0973 e. The molecule has 2 unspecified atom stereocenters. The monoisotopic (exact) mass is 258 g/mol. The lowest BCUT2D eigenvalue weighted by molar-refractivity contribution is 0.597. The largest absolute Gasteiger partial charge is 0.0973 e. The molecule has 2 rings (SSSR count). The van der Waals surface area contributed by atoms with Gasteiger partial charge >= 0.3 is 0 Å². The predicted molar refractivity (Wildman–Crippen MR) is 79.9 cm³/mol. The topological polar surface area (TPSA) is 0 Å². The summed E-state index contributed by atoms with van der Waals surface area (Å²) in [6.07, 6.45) is 6.24. The summed E-state index contributed by atoms with van der Waals surface area (Å²) in [6.45, 7) is 14.9. The molecule has 0 bridgehead atoms. The second-order valence-corrected chi connectivity index (χ2v) is 14.2. The zero-order valence-electron chi connectivity index (χ0n) is 11.9. The van der Waals surface area contributed by atoms with Crippen LogP contribution in [0.15, 0.2) is 0 Å². The molecule has 0 aromatic carbocycles. The first kappa shape index (κ1) is 13.3. The zero-order valence-corrected chi connectivity index (χ0v) is 13.7. The summed E-state index contributed by atoms with van der Waals surface area (Å²) in [5, 5.41) is 1.24. The van der Waals surface area contributed by atoms with E-state index in [1.165, 1.54) is 0 Å². The molecule has 0 aliphatic carbocycles. The van der Waals surface area contributed by atoms with E-state index < -0.39 is 0 Å². The van der Waals surface area contributed by atoms with Crippen LogP contribution in [0.5, 0.6) is 0 Å². The van der Waals surface area contributed by atoms with Gasteiger partial charge in [-0.3, -0.25) is 0 Å². The van der Waals surface area contributed by atoms with Crippen molar-refractivity contribution in [2.45, 2.75) is 76.0 Å². The molecule has 2 fully saturated rings. The van der Waals surface area contributed by atoms with Gasteiger partial charge in [-0.2, -0.15) is 0 Å². The van der Waals surface area contributed by atoms with Crippen LogP contribution >= 0.6 is 15.8 Å². The quantitative estimate of drug-likeness (QED) is 0.574. The van der Waals surface area contributed by atoms with E-state index in [-0.39, 0.29) is 0 Å². The lowest BCUT2D eigenvalue weighted by Gasteiger charge is -2.57. The highest BCUT2D eigenvalue weighted by atomic mass is 31.1. The summed E-state index contributed by atoms with van der Waals surface area (Å²) in [7, 11) is 0.692. The number of hydrogen-bond donors (Lipinski definition) is 0. The van der Waals surface area contributed by atoms with E-state index >= 15 is 0 Å². The molecule has 0 nitrogen and oxygen atoms in total. The molecule has 4 atom stereocenters. The molecule has 0 radical (unpaired) electrons. The average Bonchev–Trinajstić information content (AvgIpc) is 1.87. The molecule has 0 aromatic rings. The van der Waals surface area contributed by atoms with Gasteiger partial charge < -0.3 is 0 Å². The van der Waals surface area contributed by atoms with E-state index in [1.54, 1.807) is 25.2 Å². The van der Waals surface area contributed by atoms with Gasteiger partial charge in [0.05, 0.1) is 0 Å². The van der Waals surface area contributed by atoms with Crippen molar-refractivity contribution in [3.8, 4) is 0 Å². The Bertz CT molecular complexity index is 231. The second kappa shape index (κ2) is 4.20. The maximum Gasteiger partial charge on any atom is -0.0133 e. The van der Waals surface area contributed by atoms with E-state index in [1.807, 2.05) is 0 Å². The summed E-state index contributed by atoms with van der Waals surface area (Å²) in [5.41, 5.74) is 2.29. The first-order chi connectivity index (χ1) is 7.21. The maximum atomic E-state index is 2.48. The van der Waals surface area contributed by atoms with Gasteiger partial charge in [0.1, 0.15) is 0 Å². The van der Waals surface area contributed by atoms with E-state index in [2.05, 4.69) is 41.5 Å². The Morgan fingerprint density at radius 1 is 0.688 bits per heavy atom. The molecule has 2 heterocycles. The molecule has 0 amide bonds. The van der Waals surface area contributed by atoms with Crippen LogP contribution in [-0.4, -0.2) is 34.0 Å². The first-order valence-electron chi connectivity index (χ1n) is 6.75. The van der Waals surface area contributed by atoms with Gasteiger partial charge in [-0.15, -0.1) is 0 Å². The summed E-state index contributed by atoms with van der Waals surface area (Å²) in [6, 6.07) is 0. The van der Waals surface area contributed by atoms with Crippen LogP contribution in [0.25, 0.3) is 0 Å². The SMILES string of the molecule is CC(C)(C)P1CC[C@@H]1[C@H]1CCP1C(C)(C)C. The molecule has 2 aliphatic heterocycles. The van der Waals surface area contributed by atoms with Crippen molar-refractivity contribution in [3.05, 3.63) is 0 Å². The fourth-order valence-corrected chi connectivity index (χ4v) is 10.3. The van der Waals surface area contributed by atoms with Gasteiger partial charge in [0.25, 0.3) is 0 Å². The van der Waals surface area contributed by atoms with Crippen LogP contribution in [0, 0.1) is 0 Å². The molecule has 0 saturated carbocycles. The Hall–Kier alpha value is 0.860. The molecular formula is C14H28P2. The molecular weight excluding hydrogens is 230 g/mol. The fourth-order valence-electron chi connectivity index (χ4n) is 3.28. The van der Waals surface area contributed by atoms with Gasteiger partial charge in [-0.1, -0.05) is 57.4 Å². The lowest BCUT2D eigenvalue weighted by atomic mass is 10.1. The van der Waals surface area contributed by atoms with Crippen molar-refractivity contribution >= 4 is 15.8 Å². The minimum atomic E-state index is 0.346. The Morgan fingerprint density at radius 3 is 1.12 bits per heavy atom. The molecule has 16 heavy (non-hydrogen) atoms. The molecule has 2 saturated heterocycles. The fraction of sp³-hybridized carbons (Fsp3) is 1.00. The Labute approximate surface area is 104 Å². The Balaban J connectivity index is 2.00. The third-order valence-corrected chi connectivity index (χ3v) is 12.3. The van der Waals surface area contributed by atoms with Crippen LogP contribution in [-0.2, 0) is 0 Å². The first-order valence-corrected chi connectivity index (χ1v) is 9.94. The highest BCUT2D eigenvalue weighted by molar-refractivity contribution is 7.66. The third kappa shape index (κ3) is 2.35. The van der Waals surface area contributed by atoms with E-state index in [0.29, 0.717) is 26.2 Å². The van der Waals surface area contributed by atoms with Gasteiger partial charge in [-0.05, 0) is 46.8 Å². The van der Waals surface area contributed by atoms with Gasteiger partial charge in [0, 0.05) is 0 Å². The number of hydrogen-bond acceptors (Lipinski definition) is 0. The summed E-state index contributed by atoms with van der Waals surface area (Å²) >= 11 is 0. The molecule has 94 valence electrons. The standard InChI is InChI=1S/C14H28P2/c1-13(2,3)15-9-7-11(15)12-8-10-16(12)14(4,5)6/h11-12H,7-10H2,1-6H3/t11-,12-,15?,16?/m1/s1. The van der Waals surface area contributed by atoms with Crippen molar-refractivity contribution < 1.29 is 0 Å². The highest BCUT2D eigenvalue weighted by Crippen LogP contribution is 2.73. The smallest absolute Gasteiger partial charge is 0.0133 e. The molecule has 0 spiro atoms. The Kier molecular flexibility index (Phi) is 3.49. The Morgan fingerprint density at radius 2 is 1.00 bits per heavy atom. The van der Waals surface area contributed by atoms with Crippen LogP contribution in [0.3, 0.4) is 0 Å². The lowest BCUT2D eigenvalue weighted by Crippen LogP contribution is -2.45. The minimum absolute atomic E-state index is 0.346.